The van der Waals surface area contributed by atoms with E-state index >= 15 is 0 Å². The molecule has 0 aliphatic heterocycles. The van der Waals surface area contributed by atoms with Gasteiger partial charge in [0.25, 0.3) is 5.89 Å². The number of nitrogens with zero attached hydrogens (tertiary/aromatic N) is 2. The fourth-order valence-corrected chi connectivity index (χ4v) is 2.37. The van der Waals surface area contributed by atoms with Gasteiger partial charge in [-0.15, -0.1) is 0 Å². The number of aliphatic hydroxyl groups excluding tert-OH is 1. The van der Waals surface area contributed by atoms with Crippen LogP contribution in [0.25, 0.3) is 0 Å². The van der Waals surface area contributed by atoms with Crippen LogP contribution in [0.3, 0.4) is 0 Å². The molecule has 3 N–H and O–H groups in total. The van der Waals surface area contributed by atoms with E-state index in [2.05, 4.69) is 10.1 Å². The molecule has 2 rings (SSSR count). The van der Waals surface area contributed by atoms with E-state index in [0.29, 0.717) is 24.8 Å². The maximum Gasteiger partial charge on any atom is 0.255 e. The van der Waals surface area contributed by atoms with Crippen molar-refractivity contribution < 1.29 is 9.63 Å². The van der Waals surface area contributed by atoms with Gasteiger partial charge in [0.1, 0.15) is 6.10 Å². The minimum absolute atomic E-state index is 0.315. The molecule has 0 aromatic carbocycles. The largest absolute Gasteiger partial charge is 0.383 e. The number of rotatable bonds is 4. The van der Waals surface area contributed by atoms with Crippen molar-refractivity contribution in [1.29, 1.82) is 0 Å². The van der Waals surface area contributed by atoms with Crippen LogP contribution in [0, 0.1) is 0 Å². The molecule has 1 heterocycles. The topological polar surface area (TPSA) is 85.2 Å². The van der Waals surface area contributed by atoms with Crippen molar-refractivity contribution in [2.45, 2.75) is 57.0 Å². The molecule has 5 nitrogen and oxygen atoms in total. The summed E-state index contributed by atoms with van der Waals surface area (Å²) in [5.74, 6) is 1.48. The summed E-state index contributed by atoms with van der Waals surface area (Å²) in [4.78, 5) is 4.31. The zero-order chi connectivity index (χ0) is 12.1. The number of hydrogen-bond donors (Lipinski definition) is 2. The van der Waals surface area contributed by atoms with Gasteiger partial charge in [0, 0.05) is 5.92 Å². The molecule has 0 saturated heterocycles. The van der Waals surface area contributed by atoms with Gasteiger partial charge in [0.05, 0.1) is 0 Å². The molecule has 96 valence electrons. The molecule has 1 aromatic heterocycles. The second-order valence-electron chi connectivity index (χ2n) is 4.77. The Bertz CT molecular complexity index is 332. The van der Waals surface area contributed by atoms with Crippen LogP contribution in [0.1, 0.15) is 68.7 Å². The summed E-state index contributed by atoms with van der Waals surface area (Å²) in [7, 11) is 0. The summed E-state index contributed by atoms with van der Waals surface area (Å²) < 4.78 is 5.11. The van der Waals surface area contributed by atoms with Crippen molar-refractivity contribution in [1.82, 2.24) is 10.1 Å². The normalized spacial score (nSPS) is 20.1. The highest BCUT2D eigenvalue weighted by Crippen LogP contribution is 2.30. The van der Waals surface area contributed by atoms with E-state index in [-0.39, 0.29) is 0 Å². The van der Waals surface area contributed by atoms with Crippen molar-refractivity contribution in [2.75, 3.05) is 6.54 Å². The Hall–Kier alpha value is -0.940. The van der Waals surface area contributed by atoms with Crippen LogP contribution in [0.4, 0.5) is 0 Å². The first-order valence-corrected chi connectivity index (χ1v) is 6.53. The monoisotopic (exact) mass is 239 g/mol. The second kappa shape index (κ2) is 6.12. The molecule has 1 aliphatic carbocycles. The van der Waals surface area contributed by atoms with E-state index in [1.165, 1.54) is 25.7 Å². The number of nitrogens with two attached hydrogens (primary N) is 1. The molecule has 5 heteroatoms. The fraction of sp³-hybridized carbons (Fsp3) is 0.833. The zero-order valence-corrected chi connectivity index (χ0v) is 10.1. The van der Waals surface area contributed by atoms with E-state index < -0.39 is 6.10 Å². The van der Waals surface area contributed by atoms with Crippen LogP contribution in [0.5, 0.6) is 0 Å². The van der Waals surface area contributed by atoms with E-state index in [0.717, 1.165) is 18.7 Å². The summed E-state index contributed by atoms with van der Waals surface area (Å²) >= 11 is 0. The lowest BCUT2D eigenvalue weighted by Gasteiger charge is -2.07. The molecule has 1 fully saturated rings. The van der Waals surface area contributed by atoms with E-state index in [9.17, 15) is 5.11 Å². The third-order valence-corrected chi connectivity index (χ3v) is 3.40. The average molecular weight is 239 g/mol. The zero-order valence-electron chi connectivity index (χ0n) is 10.1. The van der Waals surface area contributed by atoms with Gasteiger partial charge in [0.2, 0.25) is 0 Å². The third kappa shape index (κ3) is 3.26. The molecule has 1 aromatic rings. The first kappa shape index (κ1) is 12.5. The molecule has 0 spiro atoms. The van der Waals surface area contributed by atoms with Crippen molar-refractivity contribution >= 4 is 0 Å². The Morgan fingerprint density at radius 2 is 2.00 bits per heavy atom. The molecule has 0 radical (unpaired) electrons. The van der Waals surface area contributed by atoms with Gasteiger partial charge < -0.3 is 15.4 Å². The van der Waals surface area contributed by atoms with Crippen LogP contribution in [0.15, 0.2) is 4.52 Å². The Labute approximate surface area is 101 Å². The highest BCUT2D eigenvalue weighted by atomic mass is 16.5. The Morgan fingerprint density at radius 3 is 2.65 bits per heavy atom. The smallest absolute Gasteiger partial charge is 0.255 e. The Morgan fingerprint density at radius 1 is 1.29 bits per heavy atom. The van der Waals surface area contributed by atoms with Crippen LogP contribution in [0.2, 0.25) is 0 Å². The molecular weight excluding hydrogens is 218 g/mol. The van der Waals surface area contributed by atoms with Gasteiger partial charge in [-0.1, -0.05) is 30.8 Å². The molecule has 1 saturated carbocycles. The lowest BCUT2D eigenvalue weighted by atomic mass is 10.00. The first-order chi connectivity index (χ1) is 8.31. The quantitative estimate of drug-likeness (QED) is 0.784. The van der Waals surface area contributed by atoms with Crippen molar-refractivity contribution in [3.05, 3.63) is 11.7 Å². The summed E-state index contributed by atoms with van der Waals surface area (Å²) in [6, 6.07) is 0. The van der Waals surface area contributed by atoms with Gasteiger partial charge in [0.15, 0.2) is 5.82 Å². The predicted octanol–water partition coefficient (Wildman–Crippen LogP) is 1.89. The highest BCUT2D eigenvalue weighted by Gasteiger charge is 2.22. The lowest BCUT2D eigenvalue weighted by molar-refractivity contribution is 0.127. The standard InChI is InChI=1S/C12H21N3O2/c13-8-7-10(16)12-14-11(15-17-12)9-5-3-1-2-4-6-9/h9-10,16H,1-8,13H2/t10-/m0/s1. The molecule has 17 heavy (non-hydrogen) atoms. The van der Waals surface area contributed by atoms with E-state index in [1.54, 1.807) is 0 Å². The minimum atomic E-state index is -0.716. The Kier molecular flexibility index (Phi) is 4.50. The summed E-state index contributed by atoms with van der Waals surface area (Å²) in [6.45, 7) is 0.419. The summed E-state index contributed by atoms with van der Waals surface area (Å²) in [5.41, 5.74) is 5.39. The number of aliphatic hydroxyl groups is 1. The van der Waals surface area contributed by atoms with Gasteiger partial charge in [-0.2, -0.15) is 4.98 Å². The van der Waals surface area contributed by atoms with Crippen LogP contribution < -0.4 is 5.73 Å². The van der Waals surface area contributed by atoms with E-state index in [4.69, 9.17) is 10.3 Å². The number of aromatic nitrogens is 2. The SMILES string of the molecule is NCC[C@H](O)c1nc(C2CCCCCC2)no1. The third-order valence-electron chi connectivity index (χ3n) is 3.40. The molecule has 1 aliphatic rings. The van der Waals surface area contributed by atoms with Crippen LogP contribution >= 0.6 is 0 Å². The average Bonchev–Trinajstić information content (AvgIpc) is 2.66. The second-order valence-corrected chi connectivity index (χ2v) is 4.77. The molecule has 1 atom stereocenters. The van der Waals surface area contributed by atoms with Crippen molar-refractivity contribution in [3.63, 3.8) is 0 Å². The number of hydrogen-bond acceptors (Lipinski definition) is 5. The van der Waals surface area contributed by atoms with Gasteiger partial charge in [-0.3, -0.25) is 0 Å². The lowest BCUT2D eigenvalue weighted by Crippen LogP contribution is -2.07. The van der Waals surface area contributed by atoms with Gasteiger partial charge in [-0.05, 0) is 25.8 Å². The molecule has 0 unspecified atom stereocenters. The van der Waals surface area contributed by atoms with E-state index in [1.807, 2.05) is 0 Å². The van der Waals surface area contributed by atoms with Gasteiger partial charge >= 0.3 is 0 Å². The molecular formula is C12H21N3O2. The Balaban J connectivity index is 2.01. The van der Waals surface area contributed by atoms with Gasteiger partial charge in [-0.25, -0.2) is 0 Å². The highest BCUT2D eigenvalue weighted by molar-refractivity contribution is 4.97. The summed E-state index contributed by atoms with van der Waals surface area (Å²) in [6.07, 6.45) is 7.09. The molecule has 0 bridgehead atoms. The van der Waals surface area contributed by atoms with Crippen molar-refractivity contribution in [3.8, 4) is 0 Å². The minimum Gasteiger partial charge on any atom is -0.383 e. The van der Waals surface area contributed by atoms with Crippen molar-refractivity contribution in [2.24, 2.45) is 5.73 Å². The predicted molar refractivity (Wildman–Crippen MR) is 63.4 cm³/mol. The van der Waals surface area contributed by atoms with Crippen LogP contribution in [-0.2, 0) is 0 Å². The fourth-order valence-electron chi connectivity index (χ4n) is 2.37. The maximum absolute atomic E-state index is 9.71. The molecule has 0 amide bonds. The van der Waals surface area contributed by atoms with Crippen LogP contribution in [-0.4, -0.2) is 21.8 Å². The maximum atomic E-state index is 9.71. The summed E-state index contributed by atoms with van der Waals surface area (Å²) in [5, 5.41) is 13.7. The first-order valence-electron chi connectivity index (χ1n) is 6.53.